The third kappa shape index (κ3) is 13000. The number of hydrogen-bond acceptors (Lipinski definition) is 0. The second-order valence-electron chi connectivity index (χ2n) is 0. The van der Waals surface area contributed by atoms with E-state index in [1.165, 1.54) is 0 Å². The topological polar surface area (TPSA) is 1420 Å². The molecule has 0 saturated carbocycles. The second kappa shape index (κ2) is 13700. The molecule has 0 aliphatic rings. The van der Waals surface area contributed by atoms with Crippen LogP contribution in [0, 0.1) is 0 Å². The summed E-state index contributed by atoms with van der Waals surface area (Å²) >= 11 is 0. The quantitative estimate of drug-likeness (QED) is 0.205. The summed E-state index contributed by atoms with van der Waals surface area (Å²) in [7, 11) is 0. The first-order valence-corrected chi connectivity index (χ1v) is 0. The zero-order valence-electron chi connectivity index (χ0n) is 27.5. The largest absolute Gasteiger partial charge is 2.00 e. The molecule has 0 saturated heterocycles. The normalized spacial score (nSPS) is 0. The molecule has 0 aromatic rings. The molecule has 0 atom stereocenters. The van der Waals surface area contributed by atoms with Gasteiger partial charge in [0.1, 0.15) is 0 Å². The van der Waals surface area contributed by atoms with E-state index in [0.29, 0.717) is 0 Å². The molecule has 0 N–H and O–H groups in total. The fourth-order valence-electron chi connectivity index (χ4n) is 0. The van der Waals surface area contributed by atoms with E-state index >= 15 is 0 Å². The average Bonchev–Trinajstić information content (AvgIpc) is 0. The fraction of sp³-hybridized carbons (Fsp3) is 0. The first-order chi connectivity index (χ1) is 0. The third-order valence-corrected chi connectivity index (χ3v) is 0. The van der Waals surface area contributed by atoms with Gasteiger partial charge in [-0.3, -0.25) is 0 Å². The van der Waals surface area contributed by atoms with E-state index in [9.17, 15) is 0 Å². The van der Waals surface area contributed by atoms with Crippen LogP contribution in [0.1, 0.15) is 0 Å². The van der Waals surface area contributed by atoms with Gasteiger partial charge in [-0.1, -0.05) is 0 Å². The molecule has 400 valence electrons. The maximum atomic E-state index is 0. The molecule has 0 aliphatic heterocycles. The molecule has 0 aromatic carbocycles. The van der Waals surface area contributed by atoms with Crippen LogP contribution in [0.2, 0.25) is 0 Å². The molecule has 0 bridgehead atoms. The van der Waals surface area contributed by atoms with E-state index in [2.05, 4.69) is 0 Å². The van der Waals surface area contributed by atoms with Crippen LogP contribution < -0.4 is 0 Å². The molecular formula is O50Zn10-80. The van der Waals surface area contributed by atoms with Gasteiger partial charge in [0.15, 0.2) is 0 Å². The zero-order valence-corrected chi connectivity index (χ0v) is 57.2. The van der Waals surface area contributed by atoms with Gasteiger partial charge in [-0.2, -0.15) is 0 Å². The molecule has 0 spiro atoms. The van der Waals surface area contributed by atoms with Crippen molar-refractivity contribution in [3.8, 4) is 0 Å². The van der Waals surface area contributed by atoms with Crippen molar-refractivity contribution >= 4 is 0 Å². The SMILES string of the molecule is [O-2].[O-2].[O-2].[O-2].[O-2].[O-2].[O-2].[O-2].[O-2].[O-2].[O-2].[O-2].[O-2].[O-2].[O-2].[O-2].[O-2].[O-2].[O-2].[O-2].[O-2].[O-2].[O-2].[O-2].[O-2].[O-2].[O-2].[O-2].[O-2].[O-2].[O-2].[O-2].[O-2].[O-2].[O-2].[O-2].[O-2].[O-2].[O-2].[O-2].[O-2].[O-2].[O-2].[O-2].[O-2].[O-2].[O-2].[O-2].[O-2].[O-2].[Zn+2].[Zn+2].[Zn+2].[Zn+2].[Zn+2].[Zn+2].[Zn+2].[Zn+2].[Zn+2].[Zn+2]. The molecule has 0 unspecified atom stereocenters. The Hall–Kier alpha value is 4.23. The Morgan fingerprint density at radius 1 is 0.0333 bits per heavy atom. The van der Waals surface area contributed by atoms with Crippen molar-refractivity contribution in [2.24, 2.45) is 0 Å². The van der Waals surface area contributed by atoms with Gasteiger partial charge in [0.2, 0.25) is 0 Å². The van der Waals surface area contributed by atoms with Crippen LogP contribution in [0.25, 0.3) is 0 Å². The van der Waals surface area contributed by atoms with Crippen LogP contribution in [-0.4, -0.2) is 0 Å². The fourth-order valence-corrected chi connectivity index (χ4v) is 0. The van der Waals surface area contributed by atoms with E-state index in [1.54, 1.807) is 0 Å². The molecule has 0 heterocycles. The molecule has 60 heteroatoms. The molecular weight excluding hydrogens is 1450 g/mol. The Kier molecular flexibility index (Phi) is 3260000. The summed E-state index contributed by atoms with van der Waals surface area (Å²) < 4.78 is 0. The van der Waals surface area contributed by atoms with Crippen LogP contribution in [0.4, 0.5) is 0 Å². The van der Waals surface area contributed by atoms with Crippen molar-refractivity contribution in [2.45, 2.75) is 0 Å². The first-order valence-electron chi connectivity index (χ1n) is 0. The molecule has 0 amide bonds. The monoisotopic (exact) mass is 1440 g/mol. The van der Waals surface area contributed by atoms with Crippen molar-refractivity contribution < 1.29 is 469 Å². The van der Waals surface area contributed by atoms with E-state index < -0.39 is 0 Å². The van der Waals surface area contributed by atoms with Gasteiger partial charge in [-0.05, 0) is 0 Å². The maximum Gasteiger partial charge on any atom is 2.00 e. The van der Waals surface area contributed by atoms with Crippen molar-refractivity contribution in [3.63, 3.8) is 0 Å². The Morgan fingerprint density at radius 2 is 0.0333 bits per heavy atom. The zero-order chi connectivity index (χ0) is 0. The van der Waals surface area contributed by atoms with E-state index in [-0.39, 0.29) is 469 Å². The summed E-state index contributed by atoms with van der Waals surface area (Å²) in [5, 5.41) is 0. The summed E-state index contributed by atoms with van der Waals surface area (Å²) in [5.74, 6) is 0. The molecule has 0 aromatic heterocycles. The molecule has 60 heavy (non-hydrogen) atoms. The van der Waals surface area contributed by atoms with Crippen LogP contribution in [-0.2, 0) is 469 Å². The van der Waals surface area contributed by atoms with E-state index in [4.69, 9.17) is 0 Å². The summed E-state index contributed by atoms with van der Waals surface area (Å²) in [6, 6.07) is 0. The van der Waals surface area contributed by atoms with Crippen molar-refractivity contribution in [1.82, 2.24) is 0 Å². The van der Waals surface area contributed by atoms with Crippen LogP contribution in [0.5, 0.6) is 0 Å². The van der Waals surface area contributed by atoms with Gasteiger partial charge >= 0.3 is 195 Å². The minimum Gasteiger partial charge on any atom is -2.00 e. The Morgan fingerprint density at radius 3 is 0.0333 bits per heavy atom. The standard InChI is InChI=1S/50O.10Zn/q50*-2;10*+2. The molecule has 0 rings (SSSR count). The van der Waals surface area contributed by atoms with Crippen molar-refractivity contribution in [2.75, 3.05) is 0 Å². The summed E-state index contributed by atoms with van der Waals surface area (Å²) in [5.41, 5.74) is 0. The minimum atomic E-state index is 0. The van der Waals surface area contributed by atoms with Crippen LogP contribution in [0.15, 0.2) is 0 Å². The summed E-state index contributed by atoms with van der Waals surface area (Å²) in [4.78, 5) is 0. The minimum absolute atomic E-state index is 0. The van der Waals surface area contributed by atoms with Crippen molar-refractivity contribution in [1.29, 1.82) is 0 Å². The first kappa shape index (κ1) is 14300. The Balaban J connectivity index is 0. The molecule has 0 aliphatic carbocycles. The predicted molar refractivity (Wildman–Crippen MR) is 34.3 cm³/mol. The molecule has 0 radical (unpaired) electrons. The van der Waals surface area contributed by atoms with Crippen LogP contribution >= 0.6 is 0 Å². The van der Waals surface area contributed by atoms with Gasteiger partial charge in [0, 0.05) is 0 Å². The molecule has 50 nitrogen and oxygen atoms in total. The summed E-state index contributed by atoms with van der Waals surface area (Å²) in [6.45, 7) is 0. The van der Waals surface area contributed by atoms with Crippen LogP contribution in [0.3, 0.4) is 0 Å². The van der Waals surface area contributed by atoms with E-state index in [0.717, 1.165) is 0 Å². The smallest absolute Gasteiger partial charge is 2.00 e. The third-order valence-electron chi connectivity index (χ3n) is 0. The number of hydrogen-bond donors (Lipinski definition) is 0. The molecule has 0 fully saturated rings. The summed E-state index contributed by atoms with van der Waals surface area (Å²) in [6.07, 6.45) is 0. The van der Waals surface area contributed by atoms with Gasteiger partial charge in [0.25, 0.3) is 0 Å². The average molecular weight is 1450 g/mol. The predicted octanol–water partition coefficient (Wildman–Crippen LogP) is -5.97. The Bertz CT molecular complexity index is 39.0. The van der Waals surface area contributed by atoms with Gasteiger partial charge < -0.3 is 274 Å². The maximum absolute atomic E-state index is 0. The second-order valence-corrected chi connectivity index (χ2v) is 0. The number of rotatable bonds is 0. The van der Waals surface area contributed by atoms with Gasteiger partial charge in [-0.25, -0.2) is 0 Å². The van der Waals surface area contributed by atoms with Crippen molar-refractivity contribution in [3.05, 3.63) is 0 Å². The van der Waals surface area contributed by atoms with Gasteiger partial charge in [-0.15, -0.1) is 0 Å². The van der Waals surface area contributed by atoms with E-state index in [1.807, 2.05) is 0 Å². The Labute approximate surface area is 464 Å². The van der Waals surface area contributed by atoms with Gasteiger partial charge in [0.05, 0.1) is 0 Å².